The van der Waals surface area contributed by atoms with Crippen molar-refractivity contribution in [2.24, 2.45) is 0 Å². The Morgan fingerprint density at radius 1 is 0.606 bits per heavy atom. The third-order valence-electron chi connectivity index (χ3n) is 14.9. The van der Waals surface area contributed by atoms with Crippen LogP contribution in [0.25, 0.3) is 100 Å². The molecule has 2 unspecified atom stereocenters. The molecular weight excluding hydrogens is 807 g/mol. The summed E-state index contributed by atoms with van der Waals surface area (Å²) in [6, 6.07) is 62.3. The smallest absolute Gasteiger partial charge is 0.304 e. The number of benzene rings is 7. The number of rotatable bonds is 5. The molecule has 3 aliphatic rings. The van der Waals surface area contributed by atoms with Crippen LogP contribution in [0, 0.1) is 0 Å². The zero-order valence-corrected chi connectivity index (χ0v) is 37.4. The fraction of sp³-hybridized carbons (Fsp3) is 0.148. The predicted octanol–water partition coefficient (Wildman–Crippen LogP) is 14.9. The highest BCUT2D eigenvalue weighted by molar-refractivity contribution is 6.13. The van der Waals surface area contributed by atoms with Crippen LogP contribution in [0.15, 0.2) is 190 Å². The van der Waals surface area contributed by atoms with E-state index >= 15 is 0 Å². The fourth-order valence-electron chi connectivity index (χ4n) is 11.9. The number of imidazole rings is 1. The summed E-state index contributed by atoms with van der Waals surface area (Å²) in [6.07, 6.45) is 3.12. The van der Waals surface area contributed by atoms with Crippen molar-refractivity contribution >= 4 is 49.6 Å². The minimum absolute atomic E-state index is 0.106. The summed E-state index contributed by atoms with van der Waals surface area (Å²) in [5.74, 6) is 2.71. The molecule has 0 spiro atoms. The van der Waals surface area contributed by atoms with Gasteiger partial charge in [0.1, 0.15) is 28.2 Å². The Morgan fingerprint density at radius 2 is 1.32 bits per heavy atom. The SMILES string of the molecule is CC(C)c1cc(-c2ccccc2)cc(C(C)C)c1-n1c2[n+](c3ccccc31)C1=C(Cc3ccc4c(oc5cc6oc(-c7ccccc7)cc6cc54)c3-2)C2c3ccccc3-c3cccc[n+]3C12. The number of hydrogen-bond acceptors (Lipinski definition) is 2. The van der Waals surface area contributed by atoms with Gasteiger partial charge in [0.25, 0.3) is 0 Å². The van der Waals surface area contributed by atoms with Crippen molar-refractivity contribution in [3.8, 4) is 50.8 Å². The van der Waals surface area contributed by atoms with Crippen molar-refractivity contribution in [1.29, 1.82) is 0 Å². The number of furan rings is 2. The highest BCUT2D eigenvalue weighted by Crippen LogP contribution is 2.58. The summed E-state index contributed by atoms with van der Waals surface area (Å²) < 4.78 is 21.7. The first-order valence-electron chi connectivity index (χ1n) is 23.5. The second-order valence-electron chi connectivity index (χ2n) is 19.2. The predicted molar refractivity (Wildman–Crippen MR) is 266 cm³/mol. The monoisotopic (exact) mass is 853 g/mol. The number of aromatic nitrogens is 3. The molecule has 4 aromatic heterocycles. The van der Waals surface area contributed by atoms with Gasteiger partial charge in [-0.2, -0.15) is 13.7 Å². The molecule has 0 fully saturated rings. The average molecular weight is 854 g/mol. The summed E-state index contributed by atoms with van der Waals surface area (Å²) >= 11 is 0. The Labute approximate surface area is 383 Å². The first-order valence-corrected chi connectivity index (χ1v) is 23.5. The van der Waals surface area contributed by atoms with Gasteiger partial charge in [-0.1, -0.05) is 131 Å². The number of nitrogens with zero attached hydrogens (tertiary/aromatic N) is 3. The first-order chi connectivity index (χ1) is 32.4. The van der Waals surface area contributed by atoms with E-state index < -0.39 is 0 Å². The second kappa shape index (κ2) is 13.9. The minimum Gasteiger partial charge on any atom is -0.456 e. The Bertz CT molecular complexity index is 3830. The molecule has 0 saturated heterocycles. The van der Waals surface area contributed by atoms with Crippen molar-refractivity contribution in [1.82, 2.24) is 4.57 Å². The Kier molecular flexibility index (Phi) is 7.90. The minimum atomic E-state index is 0.106. The summed E-state index contributed by atoms with van der Waals surface area (Å²) in [7, 11) is 0. The summed E-state index contributed by atoms with van der Waals surface area (Å²) in [6.45, 7) is 9.40. The van der Waals surface area contributed by atoms with Gasteiger partial charge in [-0.3, -0.25) is 0 Å². The molecule has 0 radical (unpaired) electrons. The van der Waals surface area contributed by atoms with Crippen LogP contribution in [0.5, 0.6) is 0 Å². The van der Waals surface area contributed by atoms with Crippen molar-refractivity contribution < 1.29 is 18.0 Å². The van der Waals surface area contributed by atoms with Gasteiger partial charge < -0.3 is 8.83 Å². The molecule has 6 heterocycles. The van der Waals surface area contributed by atoms with Gasteiger partial charge in [0.2, 0.25) is 11.7 Å². The second-order valence-corrected chi connectivity index (χ2v) is 19.2. The van der Waals surface area contributed by atoms with Crippen LogP contribution >= 0.6 is 0 Å². The number of allylic oxidation sites excluding steroid dienone is 2. The molecule has 7 aromatic carbocycles. The lowest BCUT2D eigenvalue weighted by Crippen LogP contribution is -2.59. The van der Waals surface area contributed by atoms with Crippen molar-refractivity contribution in [3.05, 3.63) is 204 Å². The lowest BCUT2D eigenvalue weighted by Gasteiger charge is -2.39. The topological polar surface area (TPSA) is 39.0 Å². The van der Waals surface area contributed by atoms with E-state index in [1.165, 1.54) is 72.6 Å². The van der Waals surface area contributed by atoms with Crippen molar-refractivity contribution in [2.45, 2.75) is 57.9 Å². The molecule has 2 aliphatic heterocycles. The van der Waals surface area contributed by atoms with Crippen LogP contribution in [0.4, 0.5) is 0 Å². The summed E-state index contributed by atoms with van der Waals surface area (Å²) in [5.41, 5.74) is 21.6. The van der Waals surface area contributed by atoms with Crippen LogP contribution in [-0.2, 0) is 6.42 Å². The molecule has 5 heteroatoms. The number of pyridine rings is 1. The van der Waals surface area contributed by atoms with Crippen LogP contribution in [0.1, 0.15) is 73.7 Å². The van der Waals surface area contributed by atoms with Crippen molar-refractivity contribution in [3.63, 3.8) is 0 Å². The van der Waals surface area contributed by atoms with Crippen LogP contribution < -0.4 is 9.13 Å². The lowest BCUT2D eigenvalue weighted by atomic mass is 9.66. The first kappa shape index (κ1) is 37.6. The van der Waals surface area contributed by atoms with E-state index in [1.807, 2.05) is 6.07 Å². The molecule has 316 valence electrons. The van der Waals surface area contributed by atoms with Gasteiger partial charge in [0.15, 0.2) is 28.5 Å². The molecule has 0 amide bonds. The van der Waals surface area contributed by atoms with E-state index in [2.05, 4.69) is 211 Å². The van der Waals surface area contributed by atoms with Gasteiger partial charge in [-0.05, 0) is 94.6 Å². The van der Waals surface area contributed by atoms with Crippen molar-refractivity contribution in [2.75, 3.05) is 0 Å². The van der Waals surface area contributed by atoms with E-state index in [-0.39, 0.29) is 23.8 Å². The quantitative estimate of drug-likeness (QED) is 0.162. The van der Waals surface area contributed by atoms with Crippen LogP contribution in [0.3, 0.4) is 0 Å². The van der Waals surface area contributed by atoms with Gasteiger partial charge in [-0.15, -0.1) is 0 Å². The zero-order chi connectivity index (χ0) is 43.9. The van der Waals surface area contributed by atoms with Crippen LogP contribution in [0.2, 0.25) is 0 Å². The molecule has 0 bridgehead atoms. The third-order valence-corrected chi connectivity index (χ3v) is 14.9. The van der Waals surface area contributed by atoms with Crippen LogP contribution in [-0.4, -0.2) is 4.57 Å². The lowest BCUT2D eigenvalue weighted by molar-refractivity contribution is -0.729. The maximum absolute atomic E-state index is 7.32. The standard InChI is InChI=1S/C61H47N3O2/c1-35(2)45-30-40(37-17-7-5-8-18-37)31-46(36(3)4)57(45)63-50-24-13-14-25-51(50)64-58-48(56-43-22-12-11-21-42(43)49-23-15-16-28-62(49)59(56)58)29-39-26-27-44-47-32-41-33-52(38-19-9-6-10-20-38)65-53(41)34-54(47)66-60(44)55(39)61(63)64/h5-28,30-36,56,59H,29H2,1-4H3/q+2. The zero-order valence-electron chi connectivity index (χ0n) is 37.4. The normalized spacial score (nSPS) is 16.0. The number of hydrogen-bond donors (Lipinski definition) is 0. The van der Waals surface area contributed by atoms with Gasteiger partial charge >= 0.3 is 5.82 Å². The molecular formula is C61H47N3O2+2. The molecule has 14 rings (SSSR count). The number of para-hydroxylation sites is 2. The van der Waals surface area contributed by atoms with E-state index in [4.69, 9.17) is 8.83 Å². The molecule has 0 saturated carbocycles. The highest BCUT2D eigenvalue weighted by atomic mass is 16.3. The molecule has 11 aromatic rings. The van der Waals surface area contributed by atoms with E-state index in [1.54, 1.807) is 0 Å². The number of fused-ring (bicyclic) bond motifs is 19. The third kappa shape index (κ3) is 5.17. The van der Waals surface area contributed by atoms with Gasteiger partial charge in [-0.25, -0.2) is 0 Å². The molecule has 1 aliphatic carbocycles. The molecule has 2 atom stereocenters. The Morgan fingerprint density at radius 3 is 2.11 bits per heavy atom. The van der Waals surface area contributed by atoms with E-state index in [0.717, 1.165) is 62.0 Å². The molecule has 5 nitrogen and oxygen atoms in total. The summed E-state index contributed by atoms with van der Waals surface area (Å²) in [4.78, 5) is 0. The van der Waals surface area contributed by atoms with E-state index in [9.17, 15) is 0 Å². The maximum atomic E-state index is 7.32. The largest absolute Gasteiger partial charge is 0.456 e. The molecule has 66 heavy (non-hydrogen) atoms. The summed E-state index contributed by atoms with van der Waals surface area (Å²) in [5, 5.41) is 3.26. The maximum Gasteiger partial charge on any atom is 0.304 e. The highest BCUT2D eigenvalue weighted by Gasteiger charge is 2.58. The average Bonchev–Trinajstić information content (AvgIpc) is 4.01. The Balaban J connectivity index is 1.12. The van der Waals surface area contributed by atoms with Gasteiger partial charge in [0.05, 0.1) is 11.5 Å². The Hall–Kier alpha value is -7.76. The van der Waals surface area contributed by atoms with Gasteiger partial charge in [0, 0.05) is 51.0 Å². The van der Waals surface area contributed by atoms with E-state index in [0.29, 0.717) is 0 Å². The fourth-order valence-corrected chi connectivity index (χ4v) is 11.9. The molecule has 0 N–H and O–H groups in total.